The third-order valence-electron chi connectivity index (χ3n) is 2.47. The summed E-state index contributed by atoms with van der Waals surface area (Å²) in [5, 5.41) is 0. The third-order valence-corrected chi connectivity index (χ3v) is 4.98. The molecule has 0 aliphatic carbocycles. The molecule has 0 amide bonds. The molecule has 25 heavy (non-hydrogen) atoms. The molecule has 0 aliphatic heterocycles. The summed E-state index contributed by atoms with van der Waals surface area (Å²) >= 11 is 0. The largest absolute Gasteiger partial charge is 0.462 e. The molecule has 0 aromatic carbocycles. The molecule has 0 rings (SSSR count). The highest BCUT2D eigenvalue weighted by atomic mass is 32.2. The Bertz CT molecular complexity index is 717. The van der Waals surface area contributed by atoms with Gasteiger partial charge in [0.2, 0.25) is 0 Å². The fourth-order valence-electron chi connectivity index (χ4n) is 1.23. The van der Waals surface area contributed by atoms with E-state index in [1.807, 2.05) is 0 Å². The first kappa shape index (κ1) is 23.3. The zero-order valence-corrected chi connectivity index (χ0v) is 15.8. The van der Waals surface area contributed by atoms with Gasteiger partial charge in [-0.3, -0.25) is 4.18 Å². The van der Waals surface area contributed by atoms with E-state index in [2.05, 4.69) is 21.5 Å². The number of esters is 1. The molecule has 0 fully saturated rings. The van der Waals surface area contributed by atoms with Crippen LogP contribution in [0, 0.1) is 0 Å². The summed E-state index contributed by atoms with van der Waals surface area (Å²) < 4.78 is 59.6. The van der Waals surface area contributed by atoms with E-state index in [4.69, 9.17) is 4.74 Å². The fourth-order valence-corrected chi connectivity index (χ4v) is 3.12. The molecule has 0 saturated heterocycles. The summed E-state index contributed by atoms with van der Waals surface area (Å²) in [5.41, 5.74) is 0.127. The Labute approximate surface area is 147 Å². The van der Waals surface area contributed by atoms with Crippen LogP contribution in [0.2, 0.25) is 0 Å². The number of hydrogen-bond donors (Lipinski definition) is 0. The second-order valence-electron chi connectivity index (χ2n) is 5.12. The molecule has 11 heteroatoms. The van der Waals surface area contributed by atoms with Gasteiger partial charge < -0.3 is 8.92 Å². The molecule has 0 aromatic heterocycles. The molecule has 0 spiro atoms. The number of rotatable bonds is 12. The van der Waals surface area contributed by atoms with E-state index in [-0.39, 0.29) is 30.6 Å². The van der Waals surface area contributed by atoms with Crippen LogP contribution in [0.5, 0.6) is 0 Å². The van der Waals surface area contributed by atoms with Gasteiger partial charge in [0.05, 0.1) is 24.7 Å². The lowest BCUT2D eigenvalue weighted by atomic mass is 10.4. The Morgan fingerprint density at radius 3 is 1.80 bits per heavy atom. The van der Waals surface area contributed by atoms with Crippen LogP contribution in [0.3, 0.4) is 0 Å². The van der Waals surface area contributed by atoms with Gasteiger partial charge in [0.25, 0.3) is 10.1 Å². The first-order valence-corrected chi connectivity index (χ1v) is 10.3. The predicted octanol–water partition coefficient (Wildman–Crippen LogP) is 0.681. The van der Waals surface area contributed by atoms with E-state index < -0.39 is 50.3 Å². The Kier molecular flexibility index (Phi) is 9.60. The molecule has 0 unspecified atom stereocenters. The predicted molar refractivity (Wildman–Crippen MR) is 89.4 cm³/mol. The minimum Gasteiger partial charge on any atom is -0.462 e. The average Bonchev–Trinajstić information content (AvgIpc) is 2.47. The lowest BCUT2D eigenvalue weighted by Gasteiger charge is -2.07. The quantitative estimate of drug-likeness (QED) is 0.201. The molecule has 0 aliphatic rings. The molecule has 0 radical (unpaired) electrons. The molecule has 0 bridgehead atoms. The van der Waals surface area contributed by atoms with Gasteiger partial charge in [-0.05, 0) is 26.7 Å². The van der Waals surface area contributed by atoms with Crippen LogP contribution in [-0.4, -0.2) is 53.5 Å². The van der Waals surface area contributed by atoms with Crippen LogP contribution in [0.4, 0.5) is 0 Å². The summed E-state index contributed by atoms with van der Waals surface area (Å²) in [6.45, 7) is 8.87. The summed E-state index contributed by atoms with van der Waals surface area (Å²) in [4.78, 5) is 22.2. The molecule has 0 atom stereocenters. The lowest BCUT2D eigenvalue weighted by Crippen LogP contribution is -2.19. The number of hydrogen-bond acceptors (Lipinski definition) is 9. The van der Waals surface area contributed by atoms with Crippen LogP contribution in [0.25, 0.3) is 0 Å². The molecule has 0 saturated carbocycles. The maximum absolute atomic E-state index is 11.6. The van der Waals surface area contributed by atoms with Crippen LogP contribution in [0.15, 0.2) is 24.3 Å². The summed E-state index contributed by atoms with van der Waals surface area (Å²) in [6, 6.07) is 0. The van der Waals surface area contributed by atoms with Crippen LogP contribution in [0.1, 0.15) is 26.7 Å². The van der Waals surface area contributed by atoms with Crippen LogP contribution < -0.4 is 0 Å². The molecule has 0 N–H and O–H groups in total. The second-order valence-corrected chi connectivity index (χ2v) is 8.57. The van der Waals surface area contributed by atoms with Crippen LogP contribution >= 0.6 is 0 Å². The minimum atomic E-state index is -4.13. The Hall–Kier alpha value is -1.72. The van der Waals surface area contributed by atoms with Crippen molar-refractivity contribution in [3.8, 4) is 0 Å². The average molecular weight is 398 g/mol. The van der Waals surface area contributed by atoms with E-state index in [1.54, 1.807) is 0 Å². The normalized spacial score (nSPS) is 11.6. The smallest absolute Gasteiger partial charge is 0.348 e. The topological polar surface area (TPSA) is 130 Å². The van der Waals surface area contributed by atoms with Crippen molar-refractivity contribution in [2.75, 3.05) is 24.7 Å². The van der Waals surface area contributed by atoms with Gasteiger partial charge >= 0.3 is 22.1 Å². The van der Waals surface area contributed by atoms with E-state index in [9.17, 15) is 26.4 Å². The highest BCUT2D eigenvalue weighted by molar-refractivity contribution is 7.87. The van der Waals surface area contributed by atoms with Crippen molar-refractivity contribution < 1.29 is 39.5 Å². The minimum absolute atomic E-state index is 0.0237. The van der Waals surface area contributed by atoms with Gasteiger partial charge in [0.15, 0.2) is 0 Å². The van der Waals surface area contributed by atoms with Crippen molar-refractivity contribution in [3.63, 3.8) is 0 Å². The first-order chi connectivity index (χ1) is 11.4. The highest BCUT2D eigenvalue weighted by Crippen LogP contribution is 2.04. The van der Waals surface area contributed by atoms with Gasteiger partial charge in [-0.1, -0.05) is 13.2 Å². The van der Waals surface area contributed by atoms with E-state index in [1.165, 1.54) is 13.8 Å². The fraction of sp³-hybridized carbons (Fsp3) is 0.571. The maximum atomic E-state index is 11.6. The number of ether oxygens (including phenoxy) is 1. The molecular weight excluding hydrogens is 376 g/mol. The highest BCUT2D eigenvalue weighted by Gasteiger charge is 2.18. The van der Waals surface area contributed by atoms with E-state index in [0.29, 0.717) is 0 Å². The lowest BCUT2D eigenvalue weighted by molar-refractivity contribution is -0.139. The summed E-state index contributed by atoms with van der Waals surface area (Å²) in [6.07, 6.45) is -0.161. The molecule has 0 aromatic rings. The van der Waals surface area contributed by atoms with Gasteiger partial charge in [0, 0.05) is 11.1 Å². The van der Waals surface area contributed by atoms with Crippen molar-refractivity contribution in [2.45, 2.75) is 26.7 Å². The van der Waals surface area contributed by atoms with Crippen molar-refractivity contribution in [1.82, 2.24) is 0 Å². The van der Waals surface area contributed by atoms with Gasteiger partial charge in [-0.25, -0.2) is 9.59 Å². The standard InChI is InChI=1S/C14H22O9S2/c1-11(2)13(15)21-7-5-9-24(17,18)22-8-6-10-25(19,20)23-14(16)12(3)4/h1,3,5-10H2,2,4H3. The Morgan fingerprint density at radius 1 is 0.800 bits per heavy atom. The van der Waals surface area contributed by atoms with Gasteiger partial charge in [0.1, 0.15) is 0 Å². The number of carbonyl (C=O) groups excluding carboxylic acids is 2. The summed E-state index contributed by atoms with van der Waals surface area (Å²) in [5.74, 6) is -2.67. The zero-order valence-electron chi connectivity index (χ0n) is 14.1. The first-order valence-electron chi connectivity index (χ1n) is 7.18. The van der Waals surface area contributed by atoms with Gasteiger partial charge in [-0.15, -0.1) is 0 Å². The van der Waals surface area contributed by atoms with Crippen molar-refractivity contribution in [1.29, 1.82) is 0 Å². The van der Waals surface area contributed by atoms with Gasteiger partial charge in [-0.2, -0.15) is 16.8 Å². The second kappa shape index (κ2) is 10.3. The number of carbonyl (C=O) groups is 2. The zero-order chi connectivity index (χ0) is 19.7. The molecule has 9 nitrogen and oxygen atoms in total. The van der Waals surface area contributed by atoms with Crippen LogP contribution in [-0.2, 0) is 42.9 Å². The van der Waals surface area contributed by atoms with Crippen molar-refractivity contribution in [3.05, 3.63) is 24.3 Å². The Balaban J connectivity index is 4.10. The van der Waals surface area contributed by atoms with Crippen molar-refractivity contribution >= 4 is 32.2 Å². The molecule has 0 heterocycles. The maximum Gasteiger partial charge on any atom is 0.348 e. The third kappa shape index (κ3) is 11.5. The van der Waals surface area contributed by atoms with E-state index in [0.717, 1.165) is 0 Å². The Morgan fingerprint density at radius 2 is 1.28 bits per heavy atom. The molecular formula is C14H22O9S2. The van der Waals surface area contributed by atoms with Crippen molar-refractivity contribution in [2.24, 2.45) is 0 Å². The monoisotopic (exact) mass is 398 g/mol. The summed E-state index contributed by atoms with van der Waals surface area (Å²) in [7, 11) is -8.02. The van der Waals surface area contributed by atoms with E-state index >= 15 is 0 Å². The molecule has 144 valence electrons. The SMILES string of the molecule is C=C(C)C(=O)OCCCS(=O)(=O)OCCCS(=O)(=O)OC(=O)C(=C)C.